The van der Waals surface area contributed by atoms with E-state index in [0.717, 1.165) is 4.90 Å². The summed E-state index contributed by atoms with van der Waals surface area (Å²) in [6.07, 6.45) is -3.96. The first-order chi connectivity index (χ1) is 8.74. The van der Waals surface area contributed by atoms with Crippen LogP contribution in [0.2, 0.25) is 0 Å². The fraction of sp³-hybridized carbons (Fsp3) is 0.636. The average Bonchev–Trinajstić information content (AvgIpc) is 2.75. The van der Waals surface area contributed by atoms with E-state index in [2.05, 4.69) is 4.98 Å². The number of nitrogens with two attached hydrogens (primary N) is 1. The number of carbonyl (C=O) groups is 1. The van der Waals surface area contributed by atoms with Gasteiger partial charge in [-0.05, 0) is 13.3 Å². The lowest BCUT2D eigenvalue weighted by Crippen LogP contribution is -2.39. The Bertz CT molecular complexity index is 431. The smallest absolute Gasteiger partial charge is 0.328 e. The summed E-state index contributed by atoms with van der Waals surface area (Å²) in [5.41, 5.74) is 5.63. The average molecular weight is 295 g/mol. The molecule has 1 amide bonds. The van der Waals surface area contributed by atoms with E-state index in [1.54, 1.807) is 13.8 Å². The molecule has 0 fully saturated rings. The summed E-state index contributed by atoms with van der Waals surface area (Å²) in [7, 11) is 0. The largest absolute Gasteiger partial charge is 0.406 e. The minimum Gasteiger partial charge on any atom is -0.328 e. The summed E-state index contributed by atoms with van der Waals surface area (Å²) < 4.78 is 37.2. The molecule has 108 valence electrons. The van der Waals surface area contributed by atoms with Crippen molar-refractivity contribution in [2.45, 2.75) is 32.5 Å². The molecule has 1 aromatic heterocycles. The third-order valence-electron chi connectivity index (χ3n) is 2.28. The van der Waals surface area contributed by atoms with Gasteiger partial charge in [0.2, 0.25) is 0 Å². The van der Waals surface area contributed by atoms with Crippen LogP contribution in [-0.4, -0.2) is 35.1 Å². The molecular weight excluding hydrogens is 279 g/mol. The fourth-order valence-corrected chi connectivity index (χ4v) is 2.25. The van der Waals surface area contributed by atoms with Gasteiger partial charge in [-0.1, -0.05) is 6.92 Å². The van der Waals surface area contributed by atoms with Gasteiger partial charge in [0.1, 0.15) is 17.2 Å². The van der Waals surface area contributed by atoms with Gasteiger partial charge in [0.25, 0.3) is 5.91 Å². The maximum absolute atomic E-state index is 12.4. The second kappa shape index (κ2) is 6.33. The molecule has 0 aliphatic carbocycles. The molecule has 0 aliphatic heterocycles. The maximum atomic E-state index is 12.4. The van der Waals surface area contributed by atoms with Crippen LogP contribution in [0.15, 0.2) is 5.38 Å². The lowest BCUT2D eigenvalue weighted by molar-refractivity contribution is -0.140. The molecule has 1 atom stereocenters. The number of hydrogen-bond donors (Lipinski definition) is 1. The van der Waals surface area contributed by atoms with Crippen molar-refractivity contribution in [1.29, 1.82) is 0 Å². The van der Waals surface area contributed by atoms with Crippen LogP contribution < -0.4 is 5.73 Å². The third-order valence-corrected chi connectivity index (χ3v) is 3.33. The standard InChI is InChI=1S/C11H16F3N3OS/c1-3-4-17(6-11(12,13)14)10(18)8-5-19-9(16-8)7(2)15/h5,7H,3-4,6,15H2,1-2H3. The molecule has 0 radical (unpaired) electrons. The molecule has 0 saturated carbocycles. The first-order valence-electron chi connectivity index (χ1n) is 5.81. The Morgan fingerprint density at radius 1 is 1.58 bits per heavy atom. The van der Waals surface area contributed by atoms with Crippen molar-refractivity contribution in [2.75, 3.05) is 13.1 Å². The first-order valence-corrected chi connectivity index (χ1v) is 6.69. The number of nitrogens with zero attached hydrogens (tertiary/aromatic N) is 2. The number of rotatable bonds is 5. The van der Waals surface area contributed by atoms with Crippen molar-refractivity contribution in [3.05, 3.63) is 16.1 Å². The van der Waals surface area contributed by atoms with Gasteiger partial charge >= 0.3 is 6.18 Å². The highest BCUT2D eigenvalue weighted by molar-refractivity contribution is 7.09. The van der Waals surface area contributed by atoms with Crippen LogP contribution in [0, 0.1) is 0 Å². The van der Waals surface area contributed by atoms with E-state index in [4.69, 9.17) is 5.73 Å². The van der Waals surface area contributed by atoms with Crippen molar-refractivity contribution >= 4 is 17.2 Å². The van der Waals surface area contributed by atoms with Crippen LogP contribution in [0.1, 0.15) is 41.8 Å². The van der Waals surface area contributed by atoms with Gasteiger partial charge in [0, 0.05) is 11.9 Å². The van der Waals surface area contributed by atoms with Crippen molar-refractivity contribution in [2.24, 2.45) is 5.73 Å². The normalized spacial score (nSPS) is 13.4. The number of thiazole rings is 1. The van der Waals surface area contributed by atoms with Crippen molar-refractivity contribution in [1.82, 2.24) is 9.88 Å². The molecule has 1 unspecified atom stereocenters. The first kappa shape index (κ1) is 15.9. The molecule has 1 rings (SSSR count). The zero-order valence-corrected chi connectivity index (χ0v) is 11.5. The van der Waals surface area contributed by atoms with Gasteiger partial charge in [0.05, 0.1) is 6.04 Å². The number of aromatic nitrogens is 1. The van der Waals surface area contributed by atoms with Crippen molar-refractivity contribution < 1.29 is 18.0 Å². The molecular formula is C11H16F3N3OS. The highest BCUT2D eigenvalue weighted by Crippen LogP contribution is 2.20. The van der Waals surface area contributed by atoms with E-state index in [1.807, 2.05) is 0 Å². The van der Waals surface area contributed by atoms with Gasteiger partial charge < -0.3 is 10.6 Å². The molecule has 0 aliphatic rings. The topological polar surface area (TPSA) is 59.2 Å². The number of halogens is 3. The monoisotopic (exact) mass is 295 g/mol. The Hall–Kier alpha value is -1.15. The lowest BCUT2D eigenvalue weighted by Gasteiger charge is -2.22. The molecule has 2 N–H and O–H groups in total. The Morgan fingerprint density at radius 2 is 2.21 bits per heavy atom. The van der Waals surface area contributed by atoms with Gasteiger partial charge in [-0.2, -0.15) is 13.2 Å². The molecule has 0 saturated heterocycles. The Kier molecular flexibility index (Phi) is 5.30. The second-order valence-electron chi connectivity index (χ2n) is 4.20. The number of carbonyl (C=O) groups excluding carboxylic acids is 1. The van der Waals surface area contributed by atoms with Gasteiger partial charge in [-0.15, -0.1) is 11.3 Å². The summed E-state index contributed by atoms with van der Waals surface area (Å²) in [5.74, 6) is -0.706. The van der Waals surface area contributed by atoms with Gasteiger partial charge in [-0.3, -0.25) is 4.79 Å². The molecule has 1 aromatic rings. The predicted molar refractivity (Wildman–Crippen MR) is 67.0 cm³/mol. The molecule has 19 heavy (non-hydrogen) atoms. The highest BCUT2D eigenvalue weighted by atomic mass is 32.1. The van der Waals surface area contributed by atoms with Crippen LogP contribution in [0.4, 0.5) is 13.2 Å². The molecule has 0 aromatic carbocycles. The number of hydrogen-bond acceptors (Lipinski definition) is 4. The number of alkyl halides is 3. The summed E-state index contributed by atoms with van der Waals surface area (Å²) in [5, 5.41) is 1.98. The van der Waals surface area contributed by atoms with E-state index in [1.165, 1.54) is 16.7 Å². The summed E-state index contributed by atoms with van der Waals surface area (Å²) in [4.78, 5) is 16.7. The molecule has 8 heteroatoms. The minimum absolute atomic E-state index is 0.0231. The van der Waals surface area contributed by atoms with E-state index in [-0.39, 0.29) is 18.3 Å². The van der Waals surface area contributed by atoms with Crippen LogP contribution in [-0.2, 0) is 0 Å². The Morgan fingerprint density at radius 3 is 2.63 bits per heavy atom. The fourth-order valence-electron chi connectivity index (χ4n) is 1.50. The van der Waals surface area contributed by atoms with Crippen molar-refractivity contribution in [3.63, 3.8) is 0 Å². The Balaban J connectivity index is 2.86. The second-order valence-corrected chi connectivity index (χ2v) is 5.09. The maximum Gasteiger partial charge on any atom is 0.406 e. The van der Waals surface area contributed by atoms with Crippen LogP contribution >= 0.6 is 11.3 Å². The van der Waals surface area contributed by atoms with Crippen LogP contribution in [0.3, 0.4) is 0 Å². The van der Waals surface area contributed by atoms with Crippen LogP contribution in [0.25, 0.3) is 0 Å². The summed E-state index contributed by atoms with van der Waals surface area (Å²) >= 11 is 1.17. The number of amides is 1. The lowest BCUT2D eigenvalue weighted by atomic mass is 10.3. The minimum atomic E-state index is -4.41. The summed E-state index contributed by atoms with van der Waals surface area (Å²) in [6, 6.07) is -0.339. The van der Waals surface area contributed by atoms with Crippen molar-refractivity contribution in [3.8, 4) is 0 Å². The zero-order valence-electron chi connectivity index (χ0n) is 10.7. The van der Waals surface area contributed by atoms with E-state index in [9.17, 15) is 18.0 Å². The third kappa shape index (κ3) is 4.79. The SMILES string of the molecule is CCCN(CC(F)(F)F)C(=O)c1csc(C(C)N)n1. The van der Waals surface area contributed by atoms with Gasteiger partial charge in [0.15, 0.2) is 0 Å². The van der Waals surface area contributed by atoms with Gasteiger partial charge in [-0.25, -0.2) is 4.98 Å². The van der Waals surface area contributed by atoms with E-state index < -0.39 is 18.6 Å². The van der Waals surface area contributed by atoms with E-state index in [0.29, 0.717) is 11.4 Å². The molecule has 0 bridgehead atoms. The quantitative estimate of drug-likeness (QED) is 0.908. The Labute approximate surface area is 113 Å². The predicted octanol–water partition coefficient (Wildman–Crippen LogP) is 2.58. The highest BCUT2D eigenvalue weighted by Gasteiger charge is 2.33. The summed E-state index contributed by atoms with van der Waals surface area (Å²) in [6.45, 7) is 2.20. The zero-order chi connectivity index (χ0) is 14.6. The molecule has 4 nitrogen and oxygen atoms in total. The molecule has 1 heterocycles. The molecule has 0 spiro atoms. The van der Waals surface area contributed by atoms with Crippen LogP contribution in [0.5, 0.6) is 0 Å². The van der Waals surface area contributed by atoms with E-state index >= 15 is 0 Å².